The molecular weight excluding hydrogens is 242 g/mol. The third kappa shape index (κ3) is 1.89. The molecule has 0 fully saturated rings. The fourth-order valence-corrected chi connectivity index (χ4v) is 2.73. The molecule has 90 valence electrons. The zero-order valence-electron chi connectivity index (χ0n) is 10.1. The van der Waals surface area contributed by atoms with Crippen LogP contribution in [0.4, 0.5) is 0 Å². The van der Waals surface area contributed by atoms with Crippen molar-refractivity contribution in [1.82, 2.24) is 9.97 Å². The maximum atomic E-state index is 5.61. The summed E-state index contributed by atoms with van der Waals surface area (Å²) in [5.74, 6) is 0. The molecule has 0 radical (unpaired) electrons. The molecule has 0 saturated carbocycles. The van der Waals surface area contributed by atoms with Crippen molar-refractivity contribution in [2.75, 3.05) is 0 Å². The Morgan fingerprint density at radius 3 is 2.89 bits per heavy atom. The van der Waals surface area contributed by atoms with Crippen molar-refractivity contribution in [2.45, 2.75) is 13.5 Å². The second-order valence-corrected chi connectivity index (χ2v) is 5.29. The first-order valence-corrected chi connectivity index (χ1v) is 6.61. The molecular formula is C14H13N3S. The van der Waals surface area contributed by atoms with Crippen molar-refractivity contribution in [2.24, 2.45) is 5.73 Å². The highest BCUT2D eigenvalue weighted by Gasteiger charge is 2.08. The predicted octanol–water partition coefficient (Wildman–Crippen LogP) is 3.13. The number of pyridine rings is 1. The number of rotatable bonds is 2. The SMILES string of the molecule is Cc1cc(-c2ncc(CN)s2)nc2ccccc12. The molecule has 0 aliphatic carbocycles. The van der Waals surface area contributed by atoms with Crippen LogP contribution in [0.1, 0.15) is 10.4 Å². The number of hydrogen-bond acceptors (Lipinski definition) is 4. The average Bonchev–Trinajstić information content (AvgIpc) is 2.87. The van der Waals surface area contributed by atoms with E-state index in [1.807, 2.05) is 24.4 Å². The zero-order chi connectivity index (χ0) is 12.5. The van der Waals surface area contributed by atoms with Crippen LogP contribution in [0.25, 0.3) is 21.6 Å². The van der Waals surface area contributed by atoms with Crippen molar-refractivity contribution in [3.63, 3.8) is 0 Å². The Kier molecular flexibility index (Phi) is 2.81. The Labute approximate surface area is 109 Å². The number of fused-ring (bicyclic) bond motifs is 1. The summed E-state index contributed by atoms with van der Waals surface area (Å²) < 4.78 is 0. The van der Waals surface area contributed by atoms with Crippen LogP contribution in [0.2, 0.25) is 0 Å². The van der Waals surface area contributed by atoms with Gasteiger partial charge in [-0.15, -0.1) is 11.3 Å². The van der Waals surface area contributed by atoms with Gasteiger partial charge in [-0.05, 0) is 24.6 Å². The summed E-state index contributed by atoms with van der Waals surface area (Å²) in [6.07, 6.45) is 1.83. The fraction of sp³-hybridized carbons (Fsp3) is 0.143. The Hall–Kier alpha value is -1.78. The minimum absolute atomic E-state index is 0.532. The molecule has 3 rings (SSSR count). The number of aromatic nitrogens is 2. The van der Waals surface area contributed by atoms with E-state index in [-0.39, 0.29) is 0 Å². The lowest BCUT2D eigenvalue weighted by molar-refractivity contribution is 1.10. The summed E-state index contributed by atoms with van der Waals surface area (Å²) in [5, 5.41) is 2.13. The molecule has 0 aliphatic heterocycles. The maximum absolute atomic E-state index is 5.61. The fourth-order valence-electron chi connectivity index (χ4n) is 1.98. The van der Waals surface area contributed by atoms with E-state index in [1.54, 1.807) is 11.3 Å². The highest BCUT2D eigenvalue weighted by molar-refractivity contribution is 7.15. The van der Waals surface area contributed by atoms with E-state index < -0.39 is 0 Å². The summed E-state index contributed by atoms with van der Waals surface area (Å²) >= 11 is 1.60. The topological polar surface area (TPSA) is 51.8 Å². The van der Waals surface area contributed by atoms with Gasteiger partial charge in [-0.1, -0.05) is 18.2 Å². The van der Waals surface area contributed by atoms with Crippen LogP contribution < -0.4 is 5.73 Å². The van der Waals surface area contributed by atoms with Crippen LogP contribution in [-0.2, 0) is 6.54 Å². The number of aryl methyl sites for hydroxylation is 1. The molecule has 0 spiro atoms. The minimum atomic E-state index is 0.532. The molecule has 3 nitrogen and oxygen atoms in total. The quantitative estimate of drug-likeness (QED) is 0.765. The Morgan fingerprint density at radius 1 is 1.28 bits per heavy atom. The first-order chi connectivity index (χ1) is 8.78. The number of thiazole rings is 1. The molecule has 0 saturated heterocycles. The van der Waals surface area contributed by atoms with Gasteiger partial charge in [0.05, 0.1) is 11.2 Å². The van der Waals surface area contributed by atoms with Gasteiger partial charge < -0.3 is 5.73 Å². The van der Waals surface area contributed by atoms with Gasteiger partial charge in [-0.25, -0.2) is 9.97 Å². The van der Waals surface area contributed by atoms with Crippen molar-refractivity contribution < 1.29 is 0 Å². The Balaban J connectivity index is 2.18. The van der Waals surface area contributed by atoms with Crippen LogP contribution in [0, 0.1) is 6.92 Å². The van der Waals surface area contributed by atoms with E-state index in [2.05, 4.69) is 29.0 Å². The second kappa shape index (κ2) is 4.48. The molecule has 0 atom stereocenters. The van der Waals surface area contributed by atoms with E-state index in [9.17, 15) is 0 Å². The maximum Gasteiger partial charge on any atom is 0.142 e. The largest absolute Gasteiger partial charge is 0.326 e. The van der Waals surface area contributed by atoms with Gasteiger partial charge in [0, 0.05) is 23.0 Å². The van der Waals surface area contributed by atoms with Gasteiger partial charge in [0.25, 0.3) is 0 Å². The summed E-state index contributed by atoms with van der Waals surface area (Å²) in [7, 11) is 0. The average molecular weight is 255 g/mol. The summed E-state index contributed by atoms with van der Waals surface area (Å²) in [6.45, 7) is 2.63. The van der Waals surface area contributed by atoms with Crippen molar-refractivity contribution in [3.8, 4) is 10.7 Å². The minimum Gasteiger partial charge on any atom is -0.326 e. The third-order valence-electron chi connectivity index (χ3n) is 2.90. The van der Waals surface area contributed by atoms with Crippen molar-refractivity contribution in [3.05, 3.63) is 47.0 Å². The lowest BCUT2D eigenvalue weighted by Crippen LogP contribution is -1.91. The third-order valence-corrected chi connectivity index (χ3v) is 3.94. The van der Waals surface area contributed by atoms with Crippen LogP contribution in [0.3, 0.4) is 0 Å². The molecule has 1 aromatic carbocycles. The van der Waals surface area contributed by atoms with Gasteiger partial charge in [0.1, 0.15) is 5.01 Å². The van der Waals surface area contributed by atoms with Crippen LogP contribution >= 0.6 is 11.3 Å². The van der Waals surface area contributed by atoms with Crippen molar-refractivity contribution in [1.29, 1.82) is 0 Å². The normalized spacial score (nSPS) is 11.0. The molecule has 0 unspecified atom stereocenters. The van der Waals surface area contributed by atoms with Gasteiger partial charge in [-0.2, -0.15) is 0 Å². The monoisotopic (exact) mass is 255 g/mol. The number of nitrogens with zero attached hydrogens (tertiary/aromatic N) is 2. The van der Waals surface area contributed by atoms with E-state index in [0.29, 0.717) is 6.54 Å². The van der Waals surface area contributed by atoms with Crippen LogP contribution in [0.15, 0.2) is 36.5 Å². The lowest BCUT2D eigenvalue weighted by atomic mass is 10.1. The van der Waals surface area contributed by atoms with Crippen molar-refractivity contribution >= 4 is 22.2 Å². The number of para-hydroxylation sites is 1. The molecule has 2 aromatic heterocycles. The highest BCUT2D eigenvalue weighted by Crippen LogP contribution is 2.27. The van der Waals surface area contributed by atoms with E-state index in [4.69, 9.17) is 5.73 Å². The molecule has 3 aromatic rings. The van der Waals surface area contributed by atoms with Gasteiger partial charge in [0.2, 0.25) is 0 Å². The summed E-state index contributed by atoms with van der Waals surface area (Å²) in [4.78, 5) is 10.1. The van der Waals surface area contributed by atoms with Gasteiger partial charge >= 0.3 is 0 Å². The summed E-state index contributed by atoms with van der Waals surface area (Å²) in [6, 6.07) is 10.2. The Bertz CT molecular complexity index is 703. The van der Waals surface area contributed by atoms with Crippen LogP contribution in [-0.4, -0.2) is 9.97 Å². The first kappa shape index (κ1) is 11.3. The number of hydrogen-bond donors (Lipinski definition) is 1. The van der Waals surface area contributed by atoms with E-state index in [1.165, 1.54) is 10.9 Å². The molecule has 2 heterocycles. The molecule has 0 aliphatic rings. The first-order valence-electron chi connectivity index (χ1n) is 5.79. The van der Waals surface area contributed by atoms with E-state index >= 15 is 0 Å². The smallest absolute Gasteiger partial charge is 0.142 e. The molecule has 18 heavy (non-hydrogen) atoms. The lowest BCUT2D eigenvalue weighted by Gasteiger charge is -2.03. The molecule has 0 amide bonds. The standard InChI is InChI=1S/C14H13N3S/c1-9-6-13(14-16-8-10(7-15)18-14)17-12-5-3-2-4-11(9)12/h2-6,8H,7,15H2,1H3. The van der Waals surface area contributed by atoms with Gasteiger partial charge in [-0.3, -0.25) is 0 Å². The summed E-state index contributed by atoms with van der Waals surface area (Å²) in [5.41, 5.74) is 8.77. The van der Waals surface area contributed by atoms with E-state index in [0.717, 1.165) is 21.1 Å². The highest BCUT2D eigenvalue weighted by atomic mass is 32.1. The zero-order valence-corrected chi connectivity index (χ0v) is 10.9. The van der Waals surface area contributed by atoms with Gasteiger partial charge in [0.15, 0.2) is 0 Å². The number of nitrogens with two attached hydrogens (primary N) is 1. The van der Waals surface area contributed by atoms with Crippen LogP contribution in [0.5, 0.6) is 0 Å². The molecule has 0 bridgehead atoms. The number of benzene rings is 1. The second-order valence-electron chi connectivity index (χ2n) is 4.18. The Morgan fingerprint density at radius 2 is 2.11 bits per heavy atom. The molecule has 2 N–H and O–H groups in total. The molecule has 4 heteroatoms. The predicted molar refractivity (Wildman–Crippen MR) is 75.5 cm³/mol.